The van der Waals surface area contributed by atoms with Gasteiger partial charge in [-0.3, -0.25) is 14.5 Å². The molecule has 0 unspecified atom stereocenters. The standard InChI is InChI=1S/C23H24N2O3S2/c1-23(2,3)16-7-5-15(6-8-16)13-19-21(27)25(22(29)30-19)14-20(26)24-17-9-11-18(28-4)12-10-17/h5-13H,14H2,1-4H3,(H,24,26)/b19-13-. The molecule has 5 nitrogen and oxygen atoms in total. The fraction of sp³-hybridized carbons (Fsp3) is 0.261. The Bertz CT molecular complexity index is 991. The zero-order chi connectivity index (χ0) is 21.9. The van der Waals surface area contributed by atoms with Crippen LogP contribution in [0, 0.1) is 0 Å². The predicted molar refractivity (Wildman–Crippen MR) is 127 cm³/mol. The number of amides is 2. The van der Waals surface area contributed by atoms with Gasteiger partial charge < -0.3 is 10.1 Å². The van der Waals surface area contributed by atoms with Crippen LogP contribution in [0.15, 0.2) is 53.4 Å². The highest BCUT2D eigenvalue weighted by Gasteiger charge is 2.33. The van der Waals surface area contributed by atoms with E-state index in [9.17, 15) is 9.59 Å². The highest BCUT2D eigenvalue weighted by Crippen LogP contribution is 2.33. The molecule has 156 valence electrons. The van der Waals surface area contributed by atoms with Gasteiger partial charge in [-0.1, -0.05) is 69.0 Å². The monoisotopic (exact) mass is 440 g/mol. The molecule has 0 bridgehead atoms. The zero-order valence-corrected chi connectivity index (χ0v) is 19.0. The van der Waals surface area contributed by atoms with Gasteiger partial charge in [0.15, 0.2) is 0 Å². The van der Waals surface area contributed by atoms with Gasteiger partial charge in [-0.15, -0.1) is 0 Å². The van der Waals surface area contributed by atoms with Crippen LogP contribution < -0.4 is 10.1 Å². The van der Waals surface area contributed by atoms with Gasteiger partial charge in [-0.05, 0) is 46.9 Å². The first kappa shape index (κ1) is 22.1. The maximum Gasteiger partial charge on any atom is 0.266 e. The minimum absolute atomic E-state index is 0.0687. The van der Waals surface area contributed by atoms with Gasteiger partial charge in [0.25, 0.3) is 5.91 Å². The van der Waals surface area contributed by atoms with Crippen LogP contribution in [0.1, 0.15) is 31.9 Å². The van der Waals surface area contributed by atoms with E-state index in [2.05, 4.69) is 38.2 Å². The Morgan fingerprint density at radius 3 is 2.33 bits per heavy atom. The number of methoxy groups -OCH3 is 1. The van der Waals surface area contributed by atoms with E-state index >= 15 is 0 Å². The van der Waals surface area contributed by atoms with Crippen molar-refractivity contribution in [2.75, 3.05) is 19.0 Å². The van der Waals surface area contributed by atoms with Crippen LogP contribution in [0.4, 0.5) is 5.69 Å². The summed E-state index contributed by atoms with van der Waals surface area (Å²) in [6.45, 7) is 6.34. The van der Waals surface area contributed by atoms with Crippen molar-refractivity contribution in [2.24, 2.45) is 0 Å². The first-order valence-electron chi connectivity index (χ1n) is 9.47. The van der Waals surface area contributed by atoms with Crippen molar-refractivity contribution in [3.8, 4) is 5.75 Å². The summed E-state index contributed by atoms with van der Waals surface area (Å²) in [7, 11) is 1.58. The van der Waals surface area contributed by atoms with Crippen LogP contribution >= 0.6 is 24.0 Å². The molecule has 30 heavy (non-hydrogen) atoms. The second kappa shape index (κ2) is 9.02. The van der Waals surface area contributed by atoms with Crippen molar-refractivity contribution in [3.05, 3.63) is 64.6 Å². The molecular weight excluding hydrogens is 416 g/mol. The third-order valence-electron chi connectivity index (χ3n) is 4.62. The largest absolute Gasteiger partial charge is 0.497 e. The van der Waals surface area contributed by atoms with E-state index in [1.807, 2.05) is 18.2 Å². The third-order valence-corrected chi connectivity index (χ3v) is 6.00. The van der Waals surface area contributed by atoms with Crippen molar-refractivity contribution in [3.63, 3.8) is 0 Å². The highest BCUT2D eigenvalue weighted by atomic mass is 32.2. The lowest BCUT2D eigenvalue weighted by atomic mass is 9.87. The molecule has 0 radical (unpaired) electrons. The smallest absolute Gasteiger partial charge is 0.266 e. The quantitative estimate of drug-likeness (QED) is 0.533. The molecule has 0 atom stereocenters. The highest BCUT2D eigenvalue weighted by molar-refractivity contribution is 8.26. The summed E-state index contributed by atoms with van der Waals surface area (Å²) >= 11 is 6.54. The Hall–Kier alpha value is -2.64. The summed E-state index contributed by atoms with van der Waals surface area (Å²) in [5.41, 5.74) is 2.84. The second-order valence-electron chi connectivity index (χ2n) is 7.92. The first-order valence-corrected chi connectivity index (χ1v) is 10.7. The summed E-state index contributed by atoms with van der Waals surface area (Å²) in [5.74, 6) is 0.132. The topological polar surface area (TPSA) is 58.6 Å². The van der Waals surface area contributed by atoms with E-state index in [1.54, 1.807) is 31.4 Å². The van der Waals surface area contributed by atoms with Gasteiger partial charge in [0, 0.05) is 5.69 Å². The van der Waals surface area contributed by atoms with Gasteiger partial charge in [0.1, 0.15) is 16.6 Å². The Morgan fingerprint density at radius 2 is 1.77 bits per heavy atom. The molecule has 2 aromatic rings. The lowest BCUT2D eigenvalue weighted by Gasteiger charge is -2.18. The van der Waals surface area contributed by atoms with Crippen molar-refractivity contribution in [1.82, 2.24) is 4.90 Å². The maximum absolute atomic E-state index is 12.8. The third kappa shape index (κ3) is 5.29. The van der Waals surface area contributed by atoms with Gasteiger partial charge in [-0.2, -0.15) is 0 Å². The molecule has 0 aromatic heterocycles. The number of benzene rings is 2. The van der Waals surface area contributed by atoms with E-state index in [0.29, 0.717) is 20.7 Å². The molecule has 2 amide bonds. The molecular formula is C23H24N2O3S2. The summed E-state index contributed by atoms with van der Waals surface area (Å²) < 4.78 is 5.48. The summed E-state index contributed by atoms with van der Waals surface area (Å²) in [5, 5.41) is 2.77. The number of thioether (sulfide) groups is 1. The Balaban J connectivity index is 1.66. The number of hydrogen-bond donors (Lipinski definition) is 1. The normalized spacial score (nSPS) is 15.6. The average molecular weight is 441 g/mol. The van der Waals surface area contributed by atoms with Gasteiger partial charge in [0.05, 0.1) is 12.0 Å². The van der Waals surface area contributed by atoms with Gasteiger partial charge >= 0.3 is 0 Å². The summed E-state index contributed by atoms with van der Waals surface area (Å²) in [6.07, 6.45) is 1.81. The number of nitrogens with one attached hydrogen (secondary N) is 1. The van der Waals surface area contributed by atoms with Crippen molar-refractivity contribution in [1.29, 1.82) is 0 Å². The molecule has 2 aromatic carbocycles. The second-order valence-corrected chi connectivity index (χ2v) is 9.59. The van der Waals surface area contributed by atoms with Crippen LogP contribution in [0.25, 0.3) is 6.08 Å². The molecule has 0 aliphatic carbocycles. The molecule has 1 aliphatic rings. The fourth-order valence-electron chi connectivity index (χ4n) is 2.89. The summed E-state index contributed by atoms with van der Waals surface area (Å²) in [6, 6.07) is 15.1. The number of hydrogen-bond acceptors (Lipinski definition) is 5. The van der Waals surface area contributed by atoms with Crippen molar-refractivity contribution < 1.29 is 14.3 Å². The van der Waals surface area contributed by atoms with E-state index in [1.165, 1.54) is 22.2 Å². The zero-order valence-electron chi connectivity index (χ0n) is 17.4. The Labute approximate surface area is 186 Å². The molecule has 3 rings (SSSR count). The molecule has 1 N–H and O–H groups in total. The maximum atomic E-state index is 12.8. The van der Waals surface area contributed by atoms with E-state index in [0.717, 1.165) is 5.56 Å². The van der Waals surface area contributed by atoms with Crippen LogP contribution in [0.2, 0.25) is 0 Å². The number of carbonyl (C=O) groups excluding carboxylic acids is 2. The molecule has 1 heterocycles. The number of anilines is 1. The predicted octanol–water partition coefficient (Wildman–Crippen LogP) is 4.83. The molecule has 1 aliphatic heterocycles. The number of nitrogens with zero attached hydrogens (tertiary/aromatic N) is 1. The average Bonchev–Trinajstić information content (AvgIpc) is 2.95. The SMILES string of the molecule is COc1ccc(NC(=O)CN2C(=O)/C(=C/c3ccc(C(C)(C)C)cc3)SC2=S)cc1. The Morgan fingerprint density at radius 1 is 1.13 bits per heavy atom. The van der Waals surface area contributed by atoms with Gasteiger partial charge in [0.2, 0.25) is 5.91 Å². The van der Waals surface area contributed by atoms with Crippen LogP contribution in [-0.2, 0) is 15.0 Å². The van der Waals surface area contributed by atoms with Crippen molar-refractivity contribution in [2.45, 2.75) is 26.2 Å². The molecule has 0 saturated carbocycles. The first-order chi connectivity index (χ1) is 14.2. The van der Waals surface area contributed by atoms with E-state index < -0.39 is 0 Å². The number of rotatable bonds is 5. The number of carbonyl (C=O) groups is 2. The fourth-order valence-corrected chi connectivity index (χ4v) is 4.14. The lowest BCUT2D eigenvalue weighted by molar-refractivity contribution is -0.126. The minimum atomic E-state index is -0.313. The van der Waals surface area contributed by atoms with E-state index in [4.69, 9.17) is 17.0 Å². The molecule has 7 heteroatoms. The molecule has 0 spiro atoms. The minimum Gasteiger partial charge on any atom is -0.497 e. The Kier molecular flexibility index (Phi) is 6.63. The van der Waals surface area contributed by atoms with Crippen LogP contribution in [-0.4, -0.2) is 34.7 Å². The van der Waals surface area contributed by atoms with Crippen LogP contribution in [0.5, 0.6) is 5.75 Å². The van der Waals surface area contributed by atoms with Crippen molar-refractivity contribution >= 4 is 51.9 Å². The van der Waals surface area contributed by atoms with Gasteiger partial charge in [-0.25, -0.2) is 0 Å². The lowest BCUT2D eigenvalue weighted by Crippen LogP contribution is -2.36. The molecule has 1 saturated heterocycles. The molecule has 1 fully saturated rings. The number of thiocarbonyl (C=S) groups is 1. The number of ether oxygens (including phenoxy) is 1. The summed E-state index contributed by atoms with van der Waals surface area (Å²) in [4.78, 5) is 27.0. The van der Waals surface area contributed by atoms with Crippen LogP contribution in [0.3, 0.4) is 0 Å². The van der Waals surface area contributed by atoms with E-state index in [-0.39, 0.29) is 23.8 Å².